The van der Waals surface area contributed by atoms with Gasteiger partial charge in [0, 0.05) is 13.1 Å². The average Bonchev–Trinajstić information content (AvgIpc) is 2.34. The Kier molecular flexibility index (Phi) is 3.39. The number of likely N-dealkylation sites (N-methyl/N-ethyl adjacent to an activating group) is 1. The van der Waals surface area contributed by atoms with Crippen molar-refractivity contribution in [3.8, 4) is 0 Å². The molecule has 0 fully saturated rings. The zero-order valence-corrected chi connectivity index (χ0v) is 8.19. The zero-order valence-electron chi connectivity index (χ0n) is 8.19. The SMILES string of the molecule is Cc1nonc1CN(C)CC(C)O. The molecular weight excluding hydrogens is 170 g/mol. The van der Waals surface area contributed by atoms with Gasteiger partial charge in [-0.05, 0) is 20.9 Å². The maximum atomic E-state index is 9.12. The molecule has 1 aromatic heterocycles. The highest BCUT2D eigenvalue weighted by Crippen LogP contribution is 2.04. The van der Waals surface area contributed by atoms with Crippen LogP contribution >= 0.6 is 0 Å². The molecule has 0 spiro atoms. The second-order valence-corrected chi connectivity index (χ2v) is 3.34. The van der Waals surface area contributed by atoms with Gasteiger partial charge in [-0.25, -0.2) is 4.63 Å². The summed E-state index contributed by atoms with van der Waals surface area (Å²) in [5.74, 6) is 0. The van der Waals surface area contributed by atoms with Crippen LogP contribution in [0.3, 0.4) is 0 Å². The van der Waals surface area contributed by atoms with Gasteiger partial charge in [-0.15, -0.1) is 0 Å². The Morgan fingerprint density at radius 2 is 2.23 bits per heavy atom. The second-order valence-electron chi connectivity index (χ2n) is 3.34. The average molecular weight is 185 g/mol. The van der Waals surface area contributed by atoms with Gasteiger partial charge in [-0.3, -0.25) is 4.90 Å². The van der Waals surface area contributed by atoms with E-state index in [1.165, 1.54) is 0 Å². The minimum Gasteiger partial charge on any atom is -0.392 e. The van der Waals surface area contributed by atoms with Crippen LogP contribution in [0, 0.1) is 6.92 Å². The maximum Gasteiger partial charge on any atom is 0.122 e. The summed E-state index contributed by atoms with van der Waals surface area (Å²) in [6.45, 7) is 4.87. The van der Waals surface area contributed by atoms with E-state index < -0.39 is 0 Å². The van der Waals surface area contributed by atoms with Gasteiger partial charge in [0.25, 0.3) is 0 Å². The summed E-state index contributed by atoms with van der Waals surface area (Å²) in [6.07, 6.45) is -0.329. The van der Waals surface area contributed by atoms with Crippen molar-refractivity contribution in [3.63, 3.8) is 0 Å². The van der Waals surface area contributed by atoms with Gasteiger partial charge in [0.15, 0.2) is 0 Å². The van der Waals surface area contributed by atoms with Gasteiger partial charge in [-0.2, -0.15) is 0 Å². The van der Waals surface area contributed by atoms with Crippen LogP contribution in [0.15, 0.2) is 4.63 Å². The number of hydrogen-bond donors (Lipinski definition) is 1. The van der Waals surface area contributed by atoms with Crippen molar-refractivity contribution in [2.45, 2.75) is 26.5 Å². The Bertz CT molecular complexity index is 260. The highest BCUT2D eigenvalue weighted by Gasteiger charge is 2.09. The Labute approximate surface area is 77.3 Å². The van der Waals surface area contributed by atoms with Crippen molar-refractivity contribution in [2.75, 3.05) is 13.6 Å². The Morgan fingerprint density at radius 3 is 2.69 bits per heavy atom. The Morgan fingerprint density at radius 1 is 1.54 bits per heavy atom. The van der Waals surface area contributed by atoms with Gasteiger partial charge in [0.2, 0.25) is 0 Å². The van der Waals surface area contributed by atoms with E-state index >= 15 is 0 Å². The summed E-state index contributed by atoms with van der Waals surface area (Å²) in [5.41, 5.74) is 1.63. The number of nitrogens with zero attached hydrogens (tertiary/aromatic N) is 3. The summed E-state index contributed by atoms with van der Waals surface area (Å²) >= 11 is 0. The predicted molar refractivity (Wildman–Crippen MR) is 47.0 cm³/mol. The summed E-state index contributed by atoms with van der Waals surface area (Å²) in [7, 11) is 1.92. The molecular formula is C8H15N3O2. The third kappa shape index (κ3) is 3.12. The topological polar surface area (TPSA) is 62.4 Å². The third-order valence-corrected chi connectivity index (χ3v) is 1.74. The van der Waals surface area contributed by atoms with Crippen LogP contribution in [0.2, 0.25) is 0 Å². The highest BCUT2D eigenvalue weighted by molar-refractivity contribution is 5.03. The lowest BCUT2D eigenvalue weighted by Gasteiger charge is -2.16. The van der Waals surface area contributed by atoms with Crippen LogP contribution in [0.5, 0.6) is 0 Å². The normalized spacial score (nSPS) is 13.6. The van der Waals surface area contributed by atoms with Crippen molar-refractivity contribution in [3.05, 3.63) is 11.4 Å². The zero-order chi connectivity index (χ0) is 9.84. The largest absolute Gasteiger partial charge is 0.392 e. The van der Waals surface area contributed by atoms with Gasteiger partial charge >= 0.3 is 0 Å². The molecule has 1 rings (SSSR count). The molecule has 0 radical (unpaired) electrons. The fourth-order valence-corrected chi connectivity index (χ4v) is 1.16. The molecule has 1 atom stereocenters. The molecule has 0 saturated heterocycles. The number of rotatable bonds is 4. The van der Waals surface area contributed by atoms with E-state index in [1.54, 1.807) is 6.92 Å². The molecule has 74 valence electrons. The van der Waals surface area contributed by atoms with Crippen molar-refractivity contribution in [2.24, 2.45) is 0 Å². The first kappa shape index (κ1) is 10.1. The number of aromatic nitrogens is 2. The Hall–Kier alpha value is -0.940. The monoisotopic (exact) mass is 185 g/mol. The smallest absolute Gasteiger partial charge is 0.122 e. The van der Waals surface area contributed by atoms with Crippen molar-refractivity contribution in [1.29, 1.82) is 0 Å². The van der Waals surface area contributed by atoms with E-state index in [-0.39, 0.29) is 6.10 Å². The first-order valence-electron chi connectivity index (χ1n) is 4.24. The van der Waals surface area contributed by atoms with E-state index in [0.29, 0.717) is 13.1 Å². The number of hydrogen-bond acceptors (Lipinski definition) is 5. The van der Waals surface area contributed by atoms with Crippen molar-refractivity contribution >= 4 is 0 Å². The predicted octanol–water partition coefficient (Wildman–Crippen LogP) is 0.191. The van der Waals surface area contributed by atoms with Crippen molar-refractivity contribution < 1.29 is 9.74 Å². The quantitative estimate of drug-likeness (QED) is 0.725. The lowest BCUT2D eigenvalue weighted by Crippen LogP contribution is -2.27. The van der Waals surface area contributed by atoms with Gasteiger partial charge in [0.1, 0.15) is 11.4 Å². The molecule has 5 heteroatoms. The fourth-order valence-electron chi connectivity index (χ4n) is 1.16. The van der Waals surface area contributed by atoms with E-state index in [4.69, 9.17) is 5.11 Å². The maximum absolute atomic E-state index is 9.12. The molecule has 0 aliphatic heterocycles. The molecule has 13 heavy (non-hydrogen) atoms. The van der Waals surface area contributed by atoms with E-state index in [1.807, 2.05) is 18.9 Å². The molecule has 0 aliphatic rings. The number of aliphatic hydroxyl groups excluding tert-OH is 1. The molecule has 0 aliphatic carbocycles. The van der Waals surface area contributed by atoms with Gasteiger partial charge < -0.3 is 5.11 Å². The standard InChI is InChI=1S/C8H15N3O2/c1-6(12)4-11(3)5-8-7(2)9-13-10-8/h6,12H,4-5H2,1-3H3. The summed E-state index contributed by atoms with van der Waals surface area (Å²) in [5, 5.41) is 16.5. The first-order valence-corrected chi connectivity index (χ1v) is 4.24. The molecule has 0 aromatic carbocycles. The highest BCUT2D eigenvalue weighted by atomic mass is 16.6. The number of aliphatic hydroxyl groups is 1. The van der Waals surface area contributed by atoms with Crippen LogP contribution in [0.1, 0.15) is 18.3 Å². The van der Waals surface area contributed by atoms with Crippen LogP contribution in [0.25, 0.3) is 0 Å². The Balaban J connectivity index is 2.45. The van der Waals surface area contributed by atoms with Crippen LogP contribution in [-0.2, 0) is 6.54 Å². The molecule has 5 nitrogen and oxygen atoms in total. The van der Waals surface area contributed by atoms with E-state index in [9.17, 15) is 0 Å². The lowest BCUT2D eigenvalue weighted by atomic mass is 10.3. The van der Waals surface area contributed by atoms with Crippen LogP contribution < -0.4 is 0 Å². The molecule has 0 bridgehead atoms. The van der Waals surface area contributed by atoms with Gasteiger partial charge in [0.05, 0.1) is 6.10 Å². The summed E-state index contributed by atoms with van der Waals surface area (Å²) in [6, 6.07) is 0. The molecule has 1 unspecified atom stereocenters. The molecule has 1 aromatic rings. The fraction of sp³-hybridized carbons (Fsp3) is 0.750. The molecule has 1 heterocycles. The first-order chi connectivity index (χ1) is 6.09. The minimum absolute atomic E-state index is 0.329. The van der Waals surface area contributed by atoms with Gasteiger partial charge in [-0.1, -0.05) is 10.3 Å². The molecule has 0 saturated carbocycles. The van der Waals surface area contributed by atoms with Crippen molar-refractivity contribution in [1.82, 2.24) is 15.2 Å². The molecule has 1 N–H and O–H groups in total. The van der Waals surface area contributed by atoms with Crippen LogP contribution in [-0.4, -0.2) is 40.0 Å². The van der Waals surface area contributed by atoms with Crippen LogP contribution in [0.4, 0.5) is 0 Å². The number of aryl methyl sites for hydroxylation is 1. The summed E-state index contributed by atoms with van der Waals surface area (Å²) < 4.78 is 4.56. The van der Waals surface area contributed by atoms with E-state index in [2.05, 4.69) is 14.9 Å². The second kappa shape index (κ2) is 4.34. The van der Waals surface area contributed by atoms with E-state index in [0.717, 1.165) is 11.4 Å². The third-order valence-electron chi connectivity index (χ3n) is 1.74. The lowest BCUT2D eigenvalue weighted by molar-refractivity contribution is 0.136. The summed E-state index contributed by atoms with van der Waals surface area (Å²) in [4.78, 5) is 1.97. The molecule has 0 amide bonds. The minimum atomic E-state index is -0.329.